The number of hydrogen-bond acceptors (Lipinski definition) is 1. The zero-order chi connectivity index (χ0) is 7.33. The van der Waals surface area contributed by atoms with E-state index in [0.717, 1.165) is 6.42 Å². The predicted octanol–water partition coefficient (Wildman–Crippen LogP) is 0.750. The van der Waals surface area contributed by atoms with Gasteiger partial charge in [-0.1, -0.05) is 12.8 Å². The first-order chi connectivity index (χ1) is 4.12. The summed E-state index contributed by atoms with van der Waals surface area (Å²) in [5, 5.41) is 0. The smallest absolute Gasteiger partial charge is 0.0755 e. The molecule has 0 aliphatic rings. The molecule has 0 aromatic rings. The van der Waals surface area contributed by atoms with E-state index in [4.69, 9.17) is 12.2 Å². The van der Waals surface area contributed by atoms with Crippen LogP contribution in [-0.2, 0) is 0 Å². The maximum Gasteiger partial charge on any atom is 0.0755 e. The summed E-state index contributed by atoms with van der Waals surface area (Å²) in [6.07, 6.45) is 5.73. The molecule has 0 radical (unpaired) electrons. The standard InChI is InChI=1S/C8H11N/c1-4-6-7-8(3,9)5-2/h1H,5,9H2,2-3H3. The molecule has 0 saturated carbocycles. The molecule has 0 aromatic carbocycles. The highest BCUT2D eigenvalue weighted by molar-refractivity contribution is 5.27. The van der Waals surface area contributed by atoms with Crippen LogP contribution in [0.25, 0.3) is 0 Å². The second-order valence-electron chi connectivity index (χ2n) is 2.17. The normalized spacial score (nSPS) is 14.4. The van der Waals surface area contributed by atoms with Crippen LogP contribution in [0.3, 0.4) is 0 Å². The fourth-order valence-electron chi connectivity index (χ4n) is 0.267. The van der Waals surface area contributed by atoms with Gasteiger partial charge in [-0.25, -0.2) is 0 Å². The molecule has 0 aromatic heterocycles. The van der Waals surface area contributed by atoms with Crippen molar-refractivity contribution in [2.24, 2.45) is 5.73 Å². The quantitative estimate of drug-likeness (QED) is 0.509. The number of rotatable bonds is 1. The van der Waals surface area contributed by atoms with Gasteiger partial charge >= 0.3 is 0 Å². The zero-order valence-electron chi connectivity index (χ0n) is 5.86. The third kappa shape index (κ3) is 3.64. The van der Waals surface area contributed by atoms with Gasteiger partial charge in [0.05, 0.1) is 5.54 Å². The maximum atomic E-state index is 5.63. The first kappa shape index (κ1) is 8.08. The van der Waals surface area contributed by atoms with Crippen molar-refractivity contribution >= 4 is 0 Å². The molecule has 0 amide bonds. The Labute approximate surface area is 56.6 Å². The highest BCUT2D eigenvalue weighted by Crippen LogP contribution is 2.00. The Morgan fingerprint density at radius 1 is 1.67 bits per heavy atom. The minimum Gasteiger partial charge on any atom is -0.315 e. The number of terminal acetylenes is 1. The van der Waals surface area contributed by atoms with Gasteiger partial charge in [-0.2, -0.15) is 0 Å². The third-order valence-corrected chi connectivity index (χ3v) is 1.15. The minimum absolute atomic E-state index is 0.410. The summed E-state index contributed by atoms with van der Waals surface area (Å²) < 4.78 is 0. The minimum atomic E-state index is -0.410. The van der Waals surface area contributed by atoms with Crippen molar-refractivity contribution in [2.75, 3.05) is 0 Å². The predicted molar refractivity (Wildman–Crippen MR) is 39.5 cm³/mol. The molecule has 0 aliphatic heterocycles. The van der Waals surface area contributed by atoms with E-state index < -0.39 is 5.54 Å². The van der Waals surface area contributed by atoms with Crippen molar-refractivity contribution in [3.05, 3.63) is 0 Å². The zero-order valence-corrected chi connectivity index (χ0v) is 5.86. The lowest BCUT2D eigenvalue weighted by Crippen LogP contribution is -2.32. The number of hydrogen-bond donors (Lipinski definition) is 1. The molecule has 0 saturated heterocycles. The maximum absolute atomic E-state index is 5.63. The van der Waals surface area contributed by atoms with Crippen molar-refractivity contribution in [2.45, 2.75) is 25.8 Å². The Balaban J connectivity index is 4.05. The van der Waals surface area contributed by atoms with Gasteiger partial charge in [-0.05, 0) is 25.2 Å². The molecule has 1 heteroatoms. The van der Waals surface area contributed by atoms with Crippen LogP contribution >= 0.6 is 0 Å². The summed E-state index contributed by atoms with van der Waals surface area (Å²) in [4.78, 5) is 0. The van der Waals surface area contributed by atoms with Gasteiger partial charge in [-0.3, -0.25) is 0 Å². The van der Waals surface area contributed by atoms with Crippen molar-refractivity contribution in [1.82, 2.24) is 0 Å². The lowest BCUT2D eigenvalue weighted by atomic mass is 10.0. The van der Waals surface area contributed by atoms with Crippen LogP contribution in [0.1, 0.15) is 20.3 Å². The fourth-order valence-corrected chi connectivity index (χ4v) is 0.267. The van der Waals surface area contributed by atoms with Gasteiger partial charge in [0.2, 0.25) is 0 Å². The number of nitrogens with two attached hydrogens (primary N) is 1. The summed E-state index contributed by atoms with van der Waals surface area (Å²) in [6.45, 7) is 3.84. The van der Waals surface area contributed by atoms with E-state index in [1.165, 1.54) is 0 Å². The Bertz CT molecular complexity index is 173. The second-order valence-corrected chi connectivity index (χ2v) is 2.17. The monoisotopic (exact) mass is 121 g/mol. The first-order valence-electron chi connectivity index (χ1n) is 2.89. The molecule has 0 spiro atoms. The van der Waals surface area contributed by atoms with Gasteiger partial charge in [0, 0.05) is 0 Å². The first-order valence-corrected chi connectivity index (χ1v) is 2.89. The van der Waals surface area contributed by atoms with Crippen molar-refractivity contribution in [3.8, 4) is 24.2 Å². The van der Waals surface area contributed by atoms with E-state index in [0.29, 0.717) is 0 Å². The summed E-state index contributed by atoms with van der Waals surface area (Å²) in [5.74, 6) is 7.46. The molecular weight excluding hydrogens is 110 g/mol. The summed E-state index contributed by atoms with van der Waals surface area (Å²) >= 11 is 0. The van der Waals surface area contributed by atoms with Crippen LogP contribution in [-0.4, -0.2) is 5.54 Å². The summed E-state index contributed by atoms with van der Waals surface area (Å²) in [5.41, 5.74) is 5.22. The van der Waals surface area contributed by atoms with Gasteiger partial charge in [0.15, 0.2) is 0 Å². The van der Waals surface area contributed by atoms with Crippen molar-refractivity contribution in [1.29, 1.82) is 0 Å². The average molecular weight is 121 g/mol. The molecule has 0 bridgehead atoms. The lowest BCUT2D eigenvalue weighted by Gasteiger charge is -2.12. The molecule has 0 fully saturated rings. The van der Waals surface area contributed by atoms with Crippen LogP contribution in [0, 0.1) is 24.2 Å². The van der Waals surface area contributed by atoms with Gasteiger partial charge in [-0.15, -0.1) is 6.42 Å². The van der Waals surface area contributed by atoms with Crippen LogP contribution in [0.2, 0.25) is 0 Å². The Kier molecular flexibility index (Phi) is 2.85. The summed E-state index contributed by atoms with van der Waals surface area (Å²) in [7, 11) is 0. The van der Waals surface area contributed by atoms with E-state index >= 15 is 0 Å². The molecule has 0 heterocycles. The Morgan fingerprint density at radius 2 is 2.22 bits per heavy atom. The topological polar surface area (TPSA) is 26.0 Å². The van der Waals surface area contributed by atoms with Crippen LogP contribution < -0.4 is 5.73 Å². The molecule has 1 atom stereocenters. The van der Waals surface area contributed by atoms with E-state index in [2.05, 4.69) is 17.8 Å². The van der Waals surface area contributed by atoms with Crippen LogP contribution in [0.15, 0.2) is 0 Å². The van der Waals surface area contributed by atoms with Gasteiger partial charge < -0.3 is 5.73 Å². The highest BCUT2D eigenvalue weighted by Gasteiger charge is 2.09. The lowest BCUT2D eigenvalue weighted by molar-refractivity contribution is 0.586. The highest BCUT2D eigenvalue weighted by atomic mass is 14.7. The van der Waals surface area contributed by atoms with Gasteiger partial charge in [0.1, 0.15) is 0 Å². The molecule has 9 heavy (non-hydrogen) atoms. The molecule has 0 rings (SSSR count). The molecular formula is C8H11N. The molecule has 1 unspecified atom stereocenters. The summed E-state index contributed by atoms with van der Waals surface area (Å²) in [6, 6.07) is 0. The van der Waals surface area contributed by atoms with Crippen LogP contribution in [0.5, 0.6) is 0 Å². The van der Waals surface area contributed by atoms with E-state index in [1.54, 1.807) is 0 Å². The average Bonchev–Trinajstić information content (AvgIpc) is 1.84. The Hall–Kier alpha value is -0.920. The fraction of sp³-hybridized carbons (Fsp3) is 0.500. The molecule has 1 nitrogen and oxygen atoms in total. The van der Waals surface area contributed by atoms with Crippen LogP contribution in [0.4, 0.5) is 0 Å². The second kappa shape index (κ2) is 3.17. The third-order valence-electron chi connectivity index (χ3n) is 1.15. The molecule has 0 aliphatic carbocycles. The van der Waals surface area contributed by atoms with E-state index in [1.807, 2.05) is 13.8 Å². The molecule has 48 valence electrons. The van der Waals surface area contributed by atoms with E-state index in [9.17, 15) is 0 Å². The van der Waals surface area contributed by atoms with Crippen molar-refractivity contribution < 1.29 is 0 Å². The molecule has 2 N–H and O–H groups in total. The van der Waals surface area contributed by atoms with E-state index in [-0.39, 0.29) is 0 Å². The largest absolute Gasteiger partial charge is 0.315 e. The van der Waals surface area contributed by atoms with Crippen molar-refractivity contribution in [3.63, 3.8) is 0 Å². The SMILES string of the molecule is C#CC#CC(C)(N)CC. The Morgan fingerprint density at radius 3 is 2.56 bits per heavy atom. The van der Waals surface area contributed by atoms with Gasteiger partial charge in [0.25, 0.3) is 0 Å².